The van der Waals surface area contributed by atoms with Crippen molar-refractivity contribution >= 4 is 31.9 Å². The molecule has 0 spiro atoms. The van der Waals surface area contributed by atoms with Crippen molar-refractivity contribution in [1.82, 2.24) is 0 Å². The fourth-order valence-electron chi connectivity index (χ4n) is 1.29. The molecule has 3 N–H and O–H groups in total. The van der Waals surface area contributed by atoms with E-state index in [1.54, 1.807) is 6.07 Å². The van der Waals surface area contributed by atoms with Crippen molar-refractivity contribution < 1.29 is 5.11 Å². The van der Waals surface area contributed by atoms with Gasteiger partial charge in [-0.25, -0.2) is 0 Å². The molecule has 0 aliphatic heterocycles. The van der Waals surface area contributed by atoms with Crippen LogP contribution in [0.5, 0.6) is 5.75 Å². The van der Waals surface area contributed by atoms with Gasteiger partial charge < -0.3 is 10.8 Å². The fourth-order valence-corrected chi connectivity index (χ4v) is 2.20. The van der Waals surface area contributed by atoms with E-state index in [1.807, 2.05) is 26.8 Å². The first kappa shape index (κ1) is 13.0. The predicted molar refractivity (Wildman–Crippen MR) is 69.9 cm³/mol. The van der Waals surface area contributed by atoms with Crippen LogP contribution in [0.25, 0.3) is 0 Å². The van der Waals surface area contributed by atoms with Gasteiger partial charge >= 0.3 is 0 Å². The van der Waals surface area contributed by atoms with E-state index in [1.165, 1.54) is 0 Å². The summed E-state index contributed by atoms with van der Waals surface area (Å²) in [6, 6.07) is 3.45. The van der Waals surface area contributed by atoms with Crippen molar-refractivity contribution in [2.75, 3.05) is 0 Å². The summed E-state index contributed by atoms with van der Waals surface area (Å²) in [5.41, 5.74) is 6.78. The molecule has 0 aliphatic rings. The SMILES string of the molecule is CC(C)(C)[C@H](N)c1c(Br)ccc(Br)c1O. The molecule has 0 radical (unpaired) electrons. The van der Waals surface area contributed by atoms with Crippen LogP contribution in [0.2, 0.25) is 0 Å². The van der Waals surface area contributed by atoms with Gasteiger partial charge in [-0.15, -0.1) is 0 Å². The van der Waals surface area contributed by atoms with Gasteiger partial charge in [-0.1, -0.05) is 36.7 Å². The lowest BCUT2D eigenvalue weighted by Gasteiger charge is -2.29. The topological polar surface area (TPSA) is 46.2 Å². The average molecular weight is 337 g/mol. The number of aromatic hydroxyl groups is 1. The van der Waals surface area contributed by atoms with Crippen LogP contribution in [0, 0.1) is 5.41 Å². The first-order valence-electron chi connectivity index (χ1n) is 4.67. The molecule has 0 unspecified atom stereocenters. The molecule has 0 saturated carbocycles. The van der Waals surface area contributed by atoms with Crippen LogP contribution >= 0.6 is 31.9 Å². The molecule has 1 rings (SSSR count). The lowest BCUT2D eigenvalue weighted by molar-refractivity contribution is 0.316. The molecule has 0 aromatic heterocycles. The minimum Gasteiger partial charge on any atom is -0.506 e. The molecule has 4 heteroatoms. The molecular weight excluding hydrogens is 322 g/mol. The monoisotopic (exact) mass is 335 g/mol. The highest BCUT2D eigenvalue weighted by atomic mass is 79.9. The lowest BCUT2D eigenvalue weighted by Crippen LogP contribution is -2.26. The number of benzene rings is 1. The average Bonchev–Trinajstić information content (AvgIpc) is 2.10. The number of phenols is 1. The van der Waals surface area contributed by atoms with Gasteiger partial charge in [0.15, 0.2) is 0 Å². The second-order valence-electron chi connectivity index (χ2n) is 4.64. The van der Waals surface area contributed by atoms with Crippen molar-refractivity contribution in [2.24, 2.45) is 11.1 Å². The Morgan fingerprint density at radius 3 is 2.13 bits per heavy atom. The number of nitrogens with two attached hydrogens (primary N) is 1. The number of hydrogen-bond donors (Lipinski definition) is 2. The van der Waals surface area contributed by atoms with E-state index in [4.69, 9.17) is 5.73 Å². The van der Waals surface area contributed by atoms with Gasteiger partial charge in [0.25, 0.3) is 0 Å². The quantitative estimate of drug-likeness (QED) is 0.815. The Kier molecular flexibility index (Phi) is 3.85. The Hall–Kier alpha value is -0.0600. The first-order chi connectivity index (χ1) is 6.75. The largest absolute Gasteiger partial charge is 0.506 e. The second kappa shape index (κ2) is 4.44. The molecule has 0 fully saturated rings. The zero-order chi connectivity index (χ0) is 11.8. The van der Waals surface area contributed by atoms with Crippen molar-refractivity contribution in [1.29, 1.82) is 0 Å². The Bertz CT molecular complexity index is 372. The van der Waals surface area contributed by atoms with E-state index in [9.17, 15) is 5.11 Å². The van der Waals surface area contributed by atoms with Crippen LogP contribution < -0.4 is 5.73 Å². The summed E-state index contributed by atoms with van der Waals surface area (Å²) in [5, 5.41) is 9.96. The maximum absolute atomic E-state index is 9.96. The minimum atomic E-state index is -0.218. The molecule has 0 saturated heterocycles. The van der Waals surface area contributed by atoms with Gasteiger partial charge in [0.1, 0.15) is 5.75 Å². The molecule has 0 bridgehead atoms. The standard InChI is InChI=1S/C11H15Br2NO/c1-11(2,3)10(14)8-6(12)4-5-7(13)9(8)15/h4-5,10,15H,14H2,1-3H3/t10-/m1/s1. The Morgan fingerprint density at radius 2 is 1.67 bits per heavy atom. The number of hydrogen-bond acceptors (Lipinski definition) is 2. The molecular formula is C11H15Br2NO. The lowest BCUT2D eigenvalue weighted by atomic mass is 9.83. The second-order valence-corrected chi connectivity index (χ2v) is 6.34. The third-order valence-corrected chi connectivity index (χ3v) is 3.69. The molecule has 1 atom stereocenters. The summed E-state index contributed by atoms with van der Waals surface area (Å²) in [5.74, 6) is 0.215. The van der Waals surface area contributed by atoms with Crippen LogP contribution in [0.1, 0.15) is 32.4 Å². The Morgan fingerprint density at radius 1 is 1.20 bits per heavy atom. The summed E-state index contributed by atoms with van der Waals surface area (Å²) in [6.07, 6.45) is 0. The van der Waals surface area contributed by atoms with Crippen LogP contribution in [-0.4, -0.2) is 5.11 Å². The number of rotatable bonds is 1. The van der Waals surface area contributed by atoms with Gasteiger partial charge in [0.2, 0.25) is 0 Å². The van der Waals surface area contributed by atoms with Gasteiger partial charge in [-0.2, -0.15) is 0 Å². The Labute approximate surface area is 107 Å². The summed E-state index contributed by atoms with van der Waals surface area (Å²) < 4.78 is 1.51. The summed E-state index contributed by atoms with van der Waals surface area (Å²) in [7, 11) is 0. The molecule has 15 heavy (non-hydrogen) atoms. The number of halogens is 2. The molecule has 2 nitrogen and oxygen atoms in total. The number of phenolic OH excluding ortho intramolecular Hbond substituents is 1. The van der Waals surface area contributed by atoms with E-state index in [0.29, 0.717) is 4.47 Å². The van der Waals surface area contributed by atoms with Gasteiger partial charge in [-0.05, 0) is 33.5 Å². The van der Waals surface area contributed by atoms with Crippen LogP contribution in [-0.2, 0) is 0 Å². The first-order valence-corrected chi connectivity index (χ1v) is 6.26. The molecule has 1 aromatic rings. The molecule has 1 aromatic carbocycles. The minimum absolute atomic E-state index is 0.0964. The zero-order valence-corrected chi connectivity index (χ0v) is 12.2. The highest BCUT2D eigenvalue weighted by molar-refractivity contribution is 9.11. The highest BCUT2D eigenvalue weighted by Crippen LogP contribution is 2.42. The van der Waals surface area contributed by atoms with Crippen molar-refractivity contribution in [3.8, 4) is 5.75 Å². The van der Waals surface area contributed by atoms with Gasteiger partial charge in [0, 0.05) is 16.1 Å². The van der Waals surface area contributed by atoms with Crippen LogP contribution in [0.3, 0.4) is 0 Å². The molecule has 84 valence electrons. The van der Waals surface area contributed by atoms with Crippen LogP contribution in [0.15, 0.2) is 21.1 Å². The maximum Gasteiger partial charge on any atom is 0.135 e. The predicted octanol–water partition coefficient (Wildman–Crippen LogP) is 3.96. The van der Waals surface area contributed by atoms with Crippen LogP contribution in [0.4, 0.5) is 0 Å². The zero-order valence-electron chi connectivity index (χ0n) is 9.01. The van der Waals surface area contributed by atoms with Crippen molar-refractivity contribution in [3.05, 3.63) is 26.6 Å². The molecule has 0 heterocycles. The third-order valence-electron chi connectivity index (χ3n) is 2.36. The smallest absolute Gasteiger partial charge is 0.135 e. The van der Waals surface area contributed by atoms with E-state index in [2.05, 4.69) is 31.9 Å². The van der Waals surface area contributed by atoms with Gasteiger partial charge in [0.05, 0.1) is 4.47 Å². The van der Waals surface area contributed by atoms with E-state index in [0.717, 1.165) is 10.0 Å². The summed E-state index contributed by atoms with van der Waals surface area (Å²) >= 11 is 6.70. The summed E-state index contributed by atoms with van der Waals surface area (Å²) in [6.45, 7) is 6.14. The fraction of sp³-hybridized carbons (Fsp3) is 0.455. The Balaban J connectivity index is 3.31. The van der Waals surface area contributed by atoms with Gasteiger partial charge in [-0.3, -0.25) is 0 Å². The molecule has 0 aliphatic carbocycles. The highest BCUT2D eigenvalue weighted by Gasteiger charge is 2.27. The maximum atomic E-state index is 9.96. The van der Waals surface area contributed by atoms with Crippen molar-refractivity contribution in [2.45, 2.75) is 26.8 Å². The van der Waals surface area contributed by atoms with E-state index >= 15 is 0 Å². The summed E-state index contributed by atoms with van der Waals surface area (Å²) in [4.78, 5) is 0. The van der Waals surface area contributed by atoms with Crippen molar-refractivity contribution in [3.63, 3.8) is 0 Å². The van der Waals surface area contributed by atoms with E-state index < -0.39 is 0 Å². The third kappa shape index (κ3) is 2.74. The van der Waals surface area contributed by atoms with E-state index in [-0.39, 0.29) is 17.2 Å². The normalized spacial score (nSPS) is 14.0. The molecule has 0 amide bonds.